The SMILES string of the molecule is CC(=O)N1CCC(N2CC3[C@H](CCN(C(=O)N(C)[C@H](C)c4cc(C)cc(C)c4)[C@H]3c3ccccc3C)C2)CC1. The van der Waals surface area contributed by atoms with Crippen molar-refractivity contribution in [1.29, 1.82) is 0 Å². The van der Waals surface area contributed by atoms with Crippen LogP contribution in [-0.4, -0.2) is 77.4 Å². The first kappa shape index (κ1) is 27.7. The number of hydrogen-bond donors (Lipinski definition) is 0. The molecule has 6 nitrogen and oxygen atoms in total. The highest BCUT2D eigenvalue weighted by atomic mass is 16.2. The van der Waals surface area contributed by atoms with E-state index in [1.54, 1.807) is 6.92 Å². The van der Waals surface area contributed by atoms with Gasteiger partial charge in [0.05, 0.1) is 12.1 Å². The van der Waals surface area contributed by atoms with Crippen molar-refractivity contribution in [2.24, 2.45) is 11.8 Å². The van der Waals surface area contributed by atoms with Crippen LogP contribution in [0.4, 0.5) is 4.79 Å². The molecule has 2 aromatic carbocycles. The highest BCUT2D eigenvalue weighted by Gasteiger charge is 2.48. The molecule has 3 aliphatic heterocycles. The third kappa shape index (κ3) is 5.58. The van der Waals surface area contributed by atoms with Gasteiger partial charge in [-0.25, -0.2) is 4.79 Å². The highest BCUT2D eigenvalue weighted by Crippen LogP contribution is 2.46. The standard InChI is InChI=1S/C33H46N4O2/c1-22-17-23(2)19-28(18-22)25(4)34(6)33(39)37-16-11-27-20-36(29-12-14-35(15-13-29)26(5)38)21-31(27)32(37)30-10-8-7-9-24(30)3/h7-10,17-19,25,27,29,31-32H,11-16,20-21H2,1-6H3/t25-,27-,31?,32+/m1/s1. The van der Waals surface area contributed by atoms with Gasteiger partial charge in [0.1, 0.15) is 0 Å². The highest BCUT2D eigenvalue weighted by molar-refractivity contribution is 5.76. The Morgan fingerprint density at radius 1 is 0.923 bits per heavy atom. The van der Waals surface area contributed by atoms with Gasteiger partial charge < -0.3 is 14.7 Å². The second-order valence-corrected chi connectivity index (χ2v) is 12.4. The lowest BCUT2D eigenvalue weighted by Crippen LogP contribution is -2.51. The molecule has 0 aliphatic carbocycles. The summed E-state index contributed by atoms with van der Waals surface area (Å²) in [4.78, 5) is 34.9. The monoisotopic (exact) mass is 530 g/mol. The number of benzene rings is 2. The molecule has 5 rings (SSSR count). The molecule has 6 heteroatoms. The molecule has 210 valence electrons. The maximum atomic E-state index is 14.3. The number of amides is 3. The van der Waals surface area contributed by atoms with Crippen LogP contribution in [0.25, 0.3) is 0 Å². The van der Waals surface area contributed by atoms with Crippen molar-refractivity contribution in [3.8, 4) is 0 Å². The van der Waals surface area contributed by atoms with Crippen molar-refractivity contribution in [3.63, 3.8) is 0 Å². The molecule has 3 fully saturated rings. The zero-order valence-corrected chi connectivity index (χ0v) is 24.7. The van der Waals surface area contributed by atoms with Gasteiger partial charge in [0, 0.05) is 58.7 Å². The lowest BCUT2D eigenvalue weighted by molar-refractivity contribution is -0.130. The lowest BCUT2D eigenvalue weighted by atomic mass is 9.78. The molecule has 0 N–H and O–H groups in total. The summed E-state index contributed by atoms with van der Waals surface area (Å²) in [5, 5.41) is 0. The van der Waals surface area contributed by atoms with Crippen molar-refractivity contribution in [2.45, 2.75) is 72.0 Å². The number of rotatable bonds is 4. The van der Waals surface area contributed by atoms with Gasteiger partial charge in [-0.2, -0.15) is 0 Å². The molecule has 0 aromatic heterocycles. The van der Waals surface area contributed by atoms with Crippen LogP contribution < -0.4 is 0 Å². The summed E-state index contributed by atoms with van der Waals surface area (Å²) in [5.41, 5.74) is 6.21. The van der Waals surface area contributed by atoms with Gasteiger partial charge in [-0.05, 0) is 69.6 Å². The van der Waals surface area contributed by atoms with Gasteiger partial charge in [-0.1, -0.05) is 53.6 Å². The topological polar surface area (TPSA) is 47.1 Å². The number of likely N-dealkylation sites (tertiary alicyclic amines) is 3. The van der Waals surface area contributed by atoms with E-state index in [-0.39, 0.29) is 24.0 Å². The fraction of sp³-hybridized carbons (Fsp3) is 0.576. The van der Waals surface area contributed by atoms with E-state index in [2.05, 4.69) is 80.0 Å². The summed E-state index contributed by atoms with van der Waals surface area (Å²) in [6.07, 6.45) is 3.15. The number of carbonyl (C=O) groups is 2. The molecule has 3 heterocycles. The van der Waals surface area contributed by atoms with Crippen molar-refractivity contribution in [3.05, 3.63) is 70.3 Å². The molecule has 3 aliphatic rings. The average molecular weight is 531 g/mol. The van der Waals surface area contributed by atoms with Crippen molar-refractivity contribution < 1.29 is 9.59 Å². The average Bonchev–Trinajstić information content (AvgIpc) is 3.36. The maximum Gasteiger partial charge on any atom is 0.320 e. The first-order valence-corrected chi connectivity index (χ1v) is 14.8. The fourth-order valence-electron chi connectivity index (χ4n) is 7.49. The summed E-state index contributed by atoms with van der Waals surface area (Å²) >= 11 is 0. The van der Waals surface area contributed by atoms with E-state index in [1.807, 2.05) is 16.8 Å². The fourth-order valence-corrected chi connectivity index (χ4v) is 7.49. The Balaban J connectivity index is 1.39. The van der Waals surface area contributed by atoms with Gasteiger partial charge in [0.2, 0.25) is 5.91 Å². The van der Waals surface area contributed by atoms with Gasteiger partial charge in [0.15, 0.2) is 0 Å². The normalized spacial score (nSPS) is 24.9. The Hall–Kier alpha value is -2.86. The van der Waals surface area contributed by atoms with Crippen LogP contribution in [0.5, 0.6) is 0 Å². The quantitative estimate of drug-likeness (QED) is 0.507. The van der Waals surface area contributed by atoms with Crippen LogP contribution in [0.15, 0.2) is 42.5 Å². The second-order valence-electron chi connectivity index (χ2n) is 12.4. The smallest absolute Gasteiger partial charge is 0.320 e. The van der Waals surface area contributed by atoms with Gasteiger partial charge >= 0.3 is 6.03 Å². The molecule has 3 saturated heterocycles. The van der Waals surface area contributed by atoms with E-state index >= 15 is 0 Å². The molecule has 2 aromatic rings. The molecule has 0 bridgehead atoms. The van der Waals surface area contributed by atoms with E-state index in [9.17, 15) is 9.59 Å². The summed E-state index contributed by atoms with van der Waals surface area (Å²) in [7, 11) is 1.97. The van der Waals surface area contributed by atoms with Crippen LogP contribution >= 0.6 is 0 Å². The number of hydrogen-bond acceptors (Lipinski definition) is 3. The van der Waals surface area contributed by atoms with Crippen LogP contribution in [-0.2, 0) is 4.79 Å². The predicted octanol–water partition coefficient (Wildman–Crippen LogP) is 5.73. The number of aryl methyl sites for hydroxylation is 3. The Bertz CT molecular complexity index is 1180. The Morgan fingerprint density at radius 3 is 2.23 bits per heavy atom. The van der Waals surface area contributed by atoms with Gasteiger partial charge in [-0.3, -0.25) is 9.69 Å². The van der Waals surface area contributed by atoms with Crippen LogP contribution in [0.3, 0.4) is 0 Å². The van der Waals surface area contributed by atoms with Crippen LogP contribution in [0.1, 0.15) is 73.0 Å². The van der Waals surface area contributed by atoms with Crippen molar-refractivity contribution >= 4 is 11.9 Å². The first-order chi connectivity index (χ1) is 18.6. The molecule has 3 amide bonds. The van der Waals surface area contributed by atoms with Crippen LogP contribution in [0.2, 0.25) is 0 Å². The van der Waals surface area contributed by atoms with E-state index in [0.29, 0.717) is 17.9 Å². The predicted molar refractivity (Wildman–Crippen MR) is 157 cm³/mol. The molecule has 4 atom stereocenters. The Morgan fingerprint density at radius 2 is 1.59 bits per heavy atom. The lowest BCUT2D eigenvalue weighted by Gasteiger charge is -2.45. The minimum Gasteiger partial charge on any atom is -0.343 e. The summed E-state index contributed by atoms with van der Waals surface area (Å²) in [6, 6.07) is 16.0. The molecular formula is C33H46N4O2. The molecular weight excluding hydrogens is 484 g/mol. The van der Waals surface area contributed by atoms with E-state index < -0.39 is 0 Å². The Kier molecular flexibility index (Phi) is 8.04. The largest absolute Gasteiger partial charge is 0.343 e. The minimum absolute atomic E-state index is 0.00196. The number of carbonyl (C=O) groups excluding carboxylic acids is 2. The minimum atomic E-state index is -0.00196. The van der Waals surface area contributed by atoms with Crippen molar-refractivity contribution in [2.75, 3.05) is 39.8 Å². The van der Waals surface area contributed by atoms with E-state index in [4.69, 9.17) is 0 Å². The maximum absolute atomic E-state index is 14.3. The van der Waals surface area contributed by atoms with Crippen molar-refractivity contribution in [1.82, 2.24) is 19.6 Å². The van der Waals surface area contributed by atoms with Crippen LogP contribution in [0, 0.1) is 32.6 Å². The number of urea groups is 1. The second kappa shape index (κ2) is 11.3. The number of fused-ring (bicyclic) bond motifs is 1. The zero-order chi connectivity index (χ0) is 27.8. The Labute approximate surface area is 234 Å². The van der Waals surface area contributed by atoms with E-state index in [1.165, 1.54) is 27.8 Å². The van der Waals surface area contributed by atoms with Gasteiger partial charge in [-0.15, -0.1) is 0 Å². The molecule has 0 radical (unpaired) electrons. The van der Waals surface area contributed by atoms with Gasteiger partial charge in [0.25, 0.3) is 0 Å². The summed E-state index contributed by atoms with van der Waals surface area (Å²) in [5.74, 6) is 1.20. The summed E-state index contributed by atoms with van der Waals surface area (Å²) in [6.45, 7) is 14.9. The van der Waals surface area contributed by atoms with E-state index in [0.717, 1.165) is 52.0 Å². The third-order valence-electron chi connectivity index (χ3n) is 9.79. The number of nitrogens with zero attached hydrogens (tertiary/aromatic N) is 4. The molecule has 0 saturated carbocycles. The number of piperidine rings is 2. The first-order valence-electron chi connectivity index (χ1n) is 14.8. The summed E-state index contributed by atoms with van der Waals surface area (Å²) < 4.78 is 0. The molecule has 39 heavy (non-hydrogen) atoms. The third-order valence-corrected chi connectivity index (χ3v) is 9.79. The molecule has 1 unspecified atom stereocenters. The molecule has 0 spiro atoms. The zero-order valence-electron chi connectivity index (χ0n) is 24.7.